The maximum atomic E-state index is 11.0. The second-order valence-electron chi connectivity index (χ2n) is 6.46. The van der Waals surface area contributed by atoms with Crippen molar-refractivity contribution in [3.63, 3.8) is 0 Å². The highest BCUT2D eigenvalue weighted by atomic mass is 35.5. The summed E-state index contributed by atoms with van der Waals surface area (Å²) in [7, 11) is 1.45. The van der Waals surface area contributed by atoms with Crippen molar-refractivity contribution in [2.45, 2.75) is 90.4 Å². The smallest absolute Gasteiger partial charge is 0.305 e. The van der Waals surface area contributed by atoms with Gasteiger partial charge in [0.1, 0.15) is 0 Å². The average molecular weight is 345 g/mol. The van der Waals surface area contributed by atoms with E-state index in [0.29, 0.717) is 12.3 Å². The minimum Gasteiger partial charge on any atom is -0.469 e. The molecule has 0 spiro atoms. The first-order valence-corrected chi connectivity index (χ1v) is 10.1. The molecule has 0 aromatic heterocycles. The van der Waals surface area contributed by atoms with Gasteiger partial charge in [0.2, 0.25) is 0 Å². The molecule has 136 valence electrons. The number of allylic oxidation sites excluding steroid dienone is 2. The van der Waals surface area contributed by atoms with E-state index in [4.69, 9.17) is 11.6 Å². The molecule has 3 heteroatoms. The van der Waals surface area contributed by atoms with Crippen molar-refractivity contribution in [1.82, 2.24) is 0 Å². The molecule has 0 aliphatic rings. The molecule has 2 nitrogen and oxygen atoms in total. The van der Waals surface area contributed by atoms with Gasteiger partial charge >= 0.3 is 5.97 Å². The first kappa shape index (κ1) is 22.5. The van der Waals surface area contributed by atoms with E-state index in [0.717, 1.165) is 25.1 Å². The van der Waals surface area contributed by atoms with Crippen molar-refractivity contribution in [2.24, 2.45) is 5.92 Å². The van der Waals surface area contributed by atoms with Crippen LogP contribution in [-0.2, 0) is 9.53 Å². The first-order valence-electron chi connectivity index (χ1n) is 9.52. The van der Waals surface area contributed by atoms with Crippen LogP contribution in [0.4, 0.5) is 0 Å². The lowest BCUT2D eigenvalue weighted by Gasteiger charge is -2.11. The molecule has 0 amide bonds. The highest BCUT2D eigenvalue weighted by Crippen LogP contribution is 2.17. The lowest BCUT2D eigenvalue weighted by Crippen LogP contribution is -2.01. The van der Waals surface area contributed by atoms with Gasteiger partial charge < -0.3 is 4.74 Å². The van der Waals surface area contributed by atoms with Gasteiger partial charge in [0.15, 0.2) is 0 Å². The third-order valence-corrected chi connectivity index (χ3v) is 4.74. The second-order valence-corrected chi connectivity index (χ2v) is 6.77. The Balaban J connectivity index is 3.47. The summed E-state index contributed by atoms with van der Waals surface area (Å²) in [5.41, 5.74) is 0. The standard InChI is InChI=1S/C20H37ClO2/c1-3-4-5-6-7-9-12-15-19(18-21)16-13-10-8-11-14-17-20(22)23-2/h9,12,19H,3-8,10-11,13-18H2,1-2H3/b12-9+. The lowest BCUT2D eigenvalue weighted by atomic mass is 9.98. The summed E-state index contributed by atoms with van der Waals surface area (Å²) in [6.07, 6.45) is 19.9. The van der Waals surface area contributed by atoms with Crippen molar-refractivity contribution in [2.75, 3.05) is 13.0 Å². The van der Waals surface area contributed by atoms with Crippen LogP contribution in [0.25, 0.3) is 0 Å². The Kier molecular flexibility index (Phi) is 17.5. The molecule has 0 heterocycles. The number of rotatable bonds is 16. The van der Waals surface area contributed by atoms with Gasteiger partial charge in [-0.15, -0.1) is 11.6 Å². The third kappa shape index (κ3) is 16.1. The van der Waals surface area contributed by atoms with Gasteiger partial charge in [0.05, 0.1) is 7.11 Å². The molecule has 0 N–H and O–H groups in total. The molecule has 0 radical (unpaired) electrons. The molecule has 0 bridgehead atoms. The molecule has 1 atom stereocenters. The van der Waals surface area contributed by atoms with Crippen LogP contribution < -0.4 is 0 Å². The number of carbonyl (C=O) groups is 1. The van der Waals surface area contributed by atoms with Gasteiger partial charge in [-0.05, 0) is 38.0 Å². The van der Waals surface area contributed by atoms with Gasteiger partial charge in [-0.2, -0.15) is 0 Å². The van der Waals surface area contributed by atoms with Crippen LogP contribution in [0.3, 0.4) is 0 Å². The number of ether oxygens (including phenoxy) is 1. The van der Waals surface area contributed by atoms with Crippen molar-refractivity contribution in [3.8, 4) is 0 Å². The van der Waals surface area contributed by atoms with Gasteiger partial charge in [-0.25, -0.2) is 0 Å². The molecule has 0 fully saturated rings. The predicted molar refractivity (Wildman–Crippen MR) is 101 cm³/mol. The van der Waals surface area contributed by atoms with E-state index in [1.807, 2.05) is 0 Å². The largest absolute Gasteiger partial charge is 0.469 e. The number of hydrogen-bond acceptors (Lipinski definition) is 2. The van der Waals surface area contributed by atoms with Crippen LogP contribution in [-0.4, -0.2) is 19.0 Å². The maximum absolute atomic E-state index is 11.0. The number of unbranched alkanes of at least 4 members (excludes halogenated alkanes) is 8. The minimum atomic E-state index is -0.0892. The number of alkyl halides is 1. The summed E-state index contributed by atoms with van der Waals surface area (Å²) in [4.78, 5) is 11.0. The van der Waals surface area contributed by atoms with E-state index in [-0.39, 0.29) is 5.97 Å². The highest BCUT2D eigenvalue weighted by molar-refractivity contribution is 6.18. The van der Waals surface area contributed by atoms with Gasteiger partial charge in [-0.3, -0.25) is 4.79 Å². The Morgan fingerprint density at radius 3 is 2.39 bits per heavy atom. The monoisotopic (exact) mass is 344 g/mol. The molecular formula is C20H37ClO2. The quantitative estimate of drug-likeness (QED) is 0.135. The van der Waals surface area contributed by atoms with Crippen LogP contribution >= 0.6 is 11.6 Å². The zero-order valence-corrected chi connectivity index (χ0v) is 16.1. The molecule has 1 unspecified atom stereocenters. The number of esters is 1. The van der Waals surface area contributed by atoms with Crippen LogP contribution in [0.5, 0.6) is 0 Å². The zero-order chi connectivity index (χ0) is 17.2. The van der Waals surface area contributed by atoms with E-state index >= 15 is 0 Å². The van der Waals surface area contributed by atoms with Crippen molar-refractivity contribution < 1.29 is 9.53 Å². The molecule has 0 aliphatic heterocycles. The maximum Gasteiger partial charge on any atom is 0.305 e. The average Bonchev–Trinajstić information content (AvgIpc) is 2.57. The summed E-state index contributed by atoms with van der Waals surface area (Å²) >= 11 is 6.08. The third-order valence-electron chi connectivity index (χ3n) is 4.30. The Morgan fingerprint density at radius 2 is 1.70 bits per heavy atom. The van der Waals surface area contributed by atoms with E-state index in [9.17, 15) is 4.79 Å². The van der Waals surface area contributed by atoms with Crippen molar-refractivity contribution >= 4 is 17.6 Å². The number of halogens is 1. The molecule has 0 rings (SSSR count). The number of methoxy groups -OCH3 is 1. The summed E-state index contributed by atoms with van der Waals surface area (Å²) in [6.45, 7) is 2.25. The molecule has 0 saturated carbocycles. The normalized spacial score (nSPS) is 12.7. The van der Waals surface area contributed by atoms with Crippen LogP contribution in [0.1, 0.15) is 90.4 Å². The van der Waals surface area contributed by atoms with E-state index < -0.39 is 0 Å². The summed E-state index contributed by atoms with van der Waals surface area (Å²) in [5.74, 6) is 1.30. The molecule has 0 aromatic carbocycles. The number of hydrogen-bond donors (Lipinski definition) is 0. The summed E-state index contributed by atoms with van der Waals surface area (Å²) in [5, 5.41) is 0. The summed E-state index contributed by atoms with van der Waals surface area (Å²) in [6, 6.07) is 0. The molecular weight excluding hydrogens is 308 g/mol. The van der Waals surface area contributed by atoms with E-state index in [1.165, 1.54) is 64.9 Å². The molecule has 23 heavy (non-hydrogen) atoms. The molecule has 0 aromatic rings. The fourth-order valence-electron chi connectivity index (χ4n) is 2.69. The highest BCUT2D eigenvalue weighted by Gasteiger charge is 2.05. The fourth-order valence-corrected chi connectivity index (χ4v) is 2.97. The van der Waals surface area contributed by atoms with E-state index in [1.54, 1.807) is 0 Å². The molecule has 0 aliphatic carbocycles. The van der Waals surface area contributed by atoms with Gasteiger partial charge in [0, 0.05) is 12.3 Å². The zero-order valence-electron chi connectivity index (χ0n) is 15.3. The second kappa shape index (κ2) is 17.8. The fraction of sp³-hybridized carbons (Fsp3) is 0.850. The predicted octanol–water partition coefficient (Wildman–Crippen LogP) is 6.66. The SMILES string of the molecule is CCCCCC/C=C/CC(CCl)CCCCCCCC(=O)OC. The van der Waals surface area contributed by atoms with Gasteiger partial charge in [0.25, 0.3) is 0 Å². The topological polar surface area (TPSA) is 26.3 Å². The Morgan fingerprint density at radius 1 is 1.00 bits per heavy atom. The Bertz CT molecular complexity index is 289. The lowest BCUT2D eigenvalue weighted by molar-refractivity contribution is -0.140. The van der Waals surface area contributed by atoms with Crippen molar-refractivity contribution in [1.29, 1.82) is 0 Å². The van der Waals surface area contributed by atoms with Crippen LogP contribution in [0.15, 0.2) is 12.2 Å². The first-order chi connectivity index (χ1) is 11.2. The Labute approximate surface area is 149 Å². The molecule has 0 saturated heterocycles. The van der Waals surface area contributed by atoms with Crippen molar-refractivity contribution in [3.05, 3.63) is 12.2 Å². The summed E-state index contributed by atoms with van der Waals surface area (Å²) < 4.78 is 4.64. The Hall–Kier alpha value is -0.500. The number of carbonyl (C=O) groups excluding carboxylic acids is 1. The van der Waals surface area contributed by atoms with Gasteiger partial charge in [-0.1, -0.05) is 64.0 Å². The van der Waals surface area contributed by atoms with Crippen LogP contribution in [0.2, 0.25) is 0 Å². The minimum absolute atomic E-state index is 0.0892. The van der Waals surface area contributed by atoms with Crippen LogP contribution in [0, 0.1) is 5.92 Å². The van der Waals surface area contributed by atoms with E-state index in [2.05, 4.69) is 23.8 Å².